The van der Waals surface area contributed by atoms with Crippen LogP contribution in [0.3, 0.4) is 0 Å². The van der Waals surface area contributed by atoms with Crippen LogP contribution in [0.2, 0.25) is 0 Å². The van der Waals surface area contributed by atoms with Crippen molar-refractivity contribution in [1.29, 1.82) is 0 Å². The Balaban J connectivity index is 2.12. The number of aromatic nitrogens is 1. The minimum absolute atomic E-state index is 0.922. The first kappa shape index (κ1) is 14.5. The topological polar surface area (TPSA) is 14.2 Å². The van der Waals surface area contributed by atoms with E-state index in [9.17, 15) is 0 Å². The highest BCUT2D eigenvalue weighted by Crippen LogP contribution is 2.40. The molecule has 2 nitrogen and oxygen atoms in total. The summed E-state index contributed by atoms with van der Waals surface area (Å²) in [6.45, 7) is 2.13. The summed E-state index contributed by atoms with van der Waals surface area (Å²) in [7, 11) is 3.79. The van der Waals surface area contributed by atoms with Crippen LogP contribution in [-0.2, 0) is 7.05 Å². The van der Waals surface area contributed by atoms with Gasteiger partial charge < -0.3 is 9.30 Å². The fourth-order valence-electron chi connectivity index (χ4n) is 2.46. The van der Waals surface area contributed by atoms with Gasteiger partial charge in [-0.05, 0) is 42.8 Å². The highest BCUT2D eigenvalue weighted by Gasteiger charge is 2.13. The van der Waals surface area contributed by atoms with Gasteiger partial charge in [0.2, 0.25) is 0 Å². The van der Waals surface area contributed by atoms with Gasteiger partial charge in [0.05, 0.1) is 18.0 Å². The van der Waals surface area contributed by atoms with Crippen molar-refractivity contribution in [2.24, 2.45) is 7.05 Å². The lowest BCUT2D eigenvalue weighted by Crippen LogP contribution is -1.86. The van der Waals surface area contributed by atoms with Crippen molar-refractivity contribution < 1.29 is 4.74 Å². The zero-order valence-electron chi connectivity index (χ0n) is 12.2. The molecule has 4 heteroatoms. The second-order valence-electron chi connectivity index (χ2n) is 4.97. The lowest BCUT2D eigenvalue weighted by Gasteiger charge is -2.07. The predicted octanol–water partition coefficient (Wildman–Crippen LogP) is 5.41. The quantitative estimate of drug-likeness (QED) is 0.619. The Hall–Kier alpha value is -1.39. The summed E-state index contributed by atoms with van der Waals surface area (Å²) >= 11 is 5.30. The van der Waals surface area contributed by atoms with Crippen LogP contribution in [0.5, 0.6) is 5.75 Å². The van der Waals surface area contributed by atoms with E-state index < -0.39 is 0 Å². The number of aryl methyl sites for hydroxylation is 2. The molecule has 0 saturated carbocycles. The van der Waals surface area contributed by atoms with E-state index >= 15 is 0 Å². The van der Waals surface area contributed by atoms with Gasteiger partial charge in [-0.25, -0.2) is 0 Å². The minimum atomic E-state index is 0.922. The summed E-state index contributed by atoms with van der Waals surface area (Å²) in [5.74, 6) is 0.922. The summed E-state index contributed by atoms with van der Waals surface area (Å²) in [4.78, 5) is 2.48. The second kappa shape index (κ2) is 5.78. The first-order valence-electron chi connectivity index (χ1n) is 6.66. The van der Waals surface area contributed by atoms with Gasteiger partial charge in [-0.15, -0.1) is 0 Å². The van der Waals surface area contributed by atoms with Gasteiger partial charge in [-0.3, -0.25) is 0 Å². The van der Waals surface area contributed by atoms with Crippen molar-refractivity contribution in [3.8, 4) is 5.75 Å². The number of rotatable bonds is 3. The van der Waals surface area contributed by atoms with Crippen molar-refractivity contribution in [2.75, 3.05) is 7.11 Å². The van der Waals surface area contributed by atoms with Crippen LogP contribution in [0.4, 0.5) is 0 Å². The van der Waals surface area contributed by atoms with E-state index in [4.69, 9.17) is 4.74 Å². The summed E-state index contributed by atoms with van der Waals surface area (Å²) in [5, 5.41) is 1.18. The van der Waals surface area contributed by atoms with E-state index in [-0.39, 0.29) is 0 Å². The van der Waals surface area contributed by atoms with E-state index in [0.29, 0.717) is 0 Å². The van der Waals surface area contributed by atoms with Crippen molar-refractivity contribution in [2.45, 2.75) is 16.7 Å². The molecule has 0 amide bonds. The Labute approximate surface area is 137 Å². The number of fused-ring (bicyclic) bond motifs is 1. The summed E-state index contributed by atoms with van der Waals surface area (Å²) in [6, 6.07) is 12.5. The molecule has 108 valence electrons. The summed E-state index contributed by atoms with van der Waals surface area (Å²) in [6.07, 6.45) is 2.17. The lowest BCUT2D eigenvalue weighted by molar-refractivity contribution is 0.419. The van der Waals surface area contributed by atoms with E-state index in [1.165, 1.54) is 26.3 Å². The van der Waals surface area contributed by atoms with Crippen molar-refractivity contribution in [1.82, 2.24) is 4.57 Å². The van der Waals surface area contributed by atoms with Gasteiger partial charge in [0.15, 0.2) is 0 Å². The number of hydrogen-bond acceptors (Lipinski definition) is 2. The number of ether oxygens (including phenoxy) is 1. The third kappa shape index (κ3) is 2.70. The SMILES string of the molecule is COc1cccc2c1c(Sc1ccc(Br)cc1C)cn2C. The highest BCUT2D eigenvalue weighted by molar-refractivity contribution is 9.10. The number of nitrogens with zero attached hydrogens (tertiary/aromatic N) is 1. The molecule has 0 bridgehead atoms. The highest BCUT2D eigenvalue weighted by atomic mass is 79.9. The standard InChI is InChI=1S/C17H16BrNOS/c1-11-9-12(18)7-8-15(11)21-16-10-19(2)13-5-4-6-14(20-3)17(13)16/h4-10H,1-3H3. The van der Waals surface area contributed by atoms with Gasteiger partial charge in [0.25, 0.3) is 0 Å². The molecule has 0 aliphatic carbocycles. The average Bonchev–Trinajstić information content (AvgIpc) is 2.79. The molecular weight excluding hydrogens is 346 g/mol. The first-order valence-corrected chi connectivity index (χ1v) is 8.27. The van der Waals surface area contributed by atoms with Gasteiger partial charge in [0.1, 0.15) is 5.75 Å². The second-order valence-corrected chi connectivity index (χ2v) is 6.97. The Bertz CT molecular complexity index is 810. The van der Waals surface area contributed by atoms with E-state index in [0.717, 1.165) is 10.2 Å². The fraction of sp³-hybridized carbons (Fsp3) is 0.176. The van der Waals surface area contributed by atoms with Gasteiger partial charge in [-0.2, -0.15) is 0 Å². The van der Waals surface area contributed by atoms with Gasteiger partial charge in [0, 0.05) is 27.5 Å². The van der Waals surface area contributed by atoms with Crippen molar-refractivity contribution in [3.63, 3.8) is 0 Å². The Kier molecular flexibility index (Phi) is 4.00. The number of hydrogen-bond donors (Lipinski definition) is 0. The van der Waals surface area contributed by atoms with Gasteiger partial charge >= 0.3 is 0 Å². The Morgan fingerprint density at radius 2 is 1.95 bits per heavy atom. The van der Waals surface area contributed by atoms with Crippen LogP contribution in [0.25, 0.3) is 10.9 Å². The Morgan fingerprint density at radius 1 is 1.14 bits per heavy atom. The zero-order chi connectivity index (χ0) is 15.0. The molecule has 0 saturated heterocycles. The molecule has 0 fully saturated rings. The monoisotopic (exact) mass is 361 g/mol. The first-order chi connectivity index (χ1) is 10.1. The molecule has 0 atom stereocenters. The van der Waals surface area contributed by atoms with Crippen molar-refractivity contribution >= 4 is 38.6 Å². The molecule has 0 aliphatic heterocycles. The maximum Gasteiger partial charge on any atom is 0.129 e. The molecule has 0 spiro atoms. The van der Waals surface area contributed by atoms with Crippen LogP contribution in [0.15, 0.2) is 56.9 Å². The molecule has 1 heterocycles. The maximum atomic E-state index is 5.53. The van der Waals surface area contributed by atoms with E-state index in [2.05, 4.69) is 64.9 Å². The molecule has 0 unspecified atom stereocenters. The molecule has 1 aromatic heterocycles. The molecule has 0 N–H and O–H groups in total. The van der Waals surface area contributed by atoms with Crippen LogP contribution in [0.1, 0.15) is 5.56 Å². The third-order valence-electron chi connectivity index (χ3n) is 3.52. The Morgan fingerprint density at radius 3 is 2.67 bits per heavy atom. The molecule has 3 rings (SSSR count). The smallest absolute Gasteiger partial charge is 0.129 e. The van der Waals surface area contributed by atoms with Crippen LogP contribution in [0, 0.1) is 6.92 Å². The number of benzene rings is 2. The third-order valence-corrected chi connectivity index (χ3v) is 5.22. The predicted molar refractivity (Wildman–Crippen MR) is 92.5 cm³/mol. The number of halogens is 1. The normalized spacial score (nSPS) is 11.0. The average molecular weight is 362 g/mol. The minimum Gasteiger partial charge on any atom is -0.496 e. The van der Waals surface area contributed by atoms with Gasteiger partial charge in [-0.1, -0.05) is 33.8 Å². The molecular formula is C17H16BrNOS. The fourth-order valence-corrected chi connectivity index (χ4v) is 4.05. The van der Waals surface area contributed by atoms with Crippen LogP contribution in [-0.4, -0.2) is 11.7 Å². The molecule has 21 heavy (non-hydrogen) atoms. The number of methoxy groups -OCH3 is 1. The summed E-state index contributed by atoms with van der Waals surface area (Å²) in [5.41, 5.74) is 2.45. The van der Waals surface area contributed by atoms with Crippen molar-refractivity contribution in [3.05, 3.63) is 52.6 Å². The van der Waals surface area contributed by atoms with Crippen LogP contribution < -0.4 is 4.74 Å². The molecule has 0 radical (unpaired) electrons. The molecule has 2 aromatic carbocycles. The summed E-state index contributed by atoms with van der Waals surface area (Å²) < 4.78 is 8.79. The maximum absolute atomic E-state index is 5.53. The van der Waals surface area contributed by atoms with E-state index in [1.54, 1.807) is 18.9 Å². The molecule has 3 aromatic rings. The van der Waals surface area contributed by atoms with E-state index in [1.807, 2.05) is 12.1 Å². The lowest BCUT2D eigenvalue weighted by atomic mass is 10.2. The van der Waals surface area contributed by atoms with Crippen LogP contribution >= 0.6 is 27.7 Å². The largest absolute Gasteiger partial charge is 0.496 e. The zero-order valence-corrected chi connectivity index (χ0v) is 14.6. The molecule has 0 aliphatic rings.